The topological polar surface area (TPSA) is 20.3 Å². The van der Waals surface area contributed by atoms with E-state index in [2.05, 4.69) is 13.2 Å². The van der Waals surface area contributed by atoms with Crippen molar-refractivity contribution in [3.8, 4) is 0 Å². The molecule has 1 aromatic rings. The Morgan fingerprint density at radius 1 is 1.08 bits per heavy atom. The van der Waals surface area contributed by atoms with Gasteiger partial charge in [0, 0.05) is 11.3 Å². The highest BCUT2D eigenvalue weighted by atomic mass is 19.1. The Bertz CT molecular complexity index is 760. The maximum absolute atomic E-state index is 13.3. The van der Waals surface area contributed by atoms with Crippen molar-refractivity contribution in [2.24, 2.45) is 0 Å². The van der Waals surface area contributed by atoms with Crippen molar-refractivity contribution in [3.05, 3.63) is 102 Å². The van der Waals surface area contributed by atoms with Gasteiger partial charge in [0.1, 0.15) is 5.82 Å². The zero-order valence-electron chi connectivity index (χ0n) is 15.7. The van der Waals surface area contributed by atoms with Gasteiger partial charge in [-0.05, 0) is 56.7 Å². The zero-order chi connectivity index (χ0) is 19.5. The Labute approximate surface area is 156 Å². The molecule has 0 spiro atoms. The normalized spacial score (nSPS) is 12.0. The third kappa shape index (κ3) is 6.52. The third-order valence-electron chi connectivity index (χ3n) is 3.55. The molecule has 0 aromatic heterocycles. The summed E-state index contributed by atoms with van der Waals surface area (Å²) in [7, 11) is 0. The average Bonchev–Trinajstić information content (AvgIpc) is 2.63. The van der Waals surface area contributed by atoms with E-state index in [4.69, 9.17) is 0 Å². The molecule has 1 rings (SSSR count). The van der Waals surface area contributed by atoms with Crippen LogP contribution in [0.3, 0.4) is 0 Å². The molecule has 0 fully saturated rings. The lowest BCUT2D eigenvalue weighted by Crippen LogP contribution is -2.33. The van der Waals surface area contributed by atoms with Crippen LogP contribution in [0, 0.1) is 5.82 Å². The summed E-state index contributed by atoms with van der Waals surface area (Å²) in [5.74, 6) is -0.562. The quantitative estimate of drug-likeness (QED) is 0.420. The van der Waals surface area contributed by atoms with E-state index in [1.165, 1.54) is 18.2 Å². The number of halogens is 1. The van der Waals surface area contributed by atoms with Crippen LogP contribution in [0.4, 0.5) is 10.1 Å². The lowest BCUT2D eigenvalue weighted by Gasteiger charge is -2.24. The van der Waals surface area contributed by atoms with Crippen LogP contribution in [0.25, 0.3) is 0 Å². The van der Waals surface area contributed by atoms with Gasteiger partial charge >= 0.3 is 0 Å². The Morgan fingerprint density at radius 3 is 2.23 bits per heavy atom. The van der Waals surface area contributed by atoms with Crippen LogP contribution >= 0.6 is 0 Å². The van der Waals surface area contributed by atoms with E-state index in [-0.39, 0.29) is 11.7 Å². The van der Waals surface area contributed by atoms with Crippen molar-refractivity contribution in [2.75, 3.05) is 11.4 Å². The van der Waals surface area contributed by atoms with Crippen molar-refractivity contribution in [1.82, 2.24) is 0 Å². The van der Waals surface area contributed by atoms with Crippen LogP contribution < -0.4 is 4.90 Å². The summed E-state index contributed by atoms with van der Waals surface area (Å²) in [5, 5.41) is 0. The summed E-state index contributed by atoms with van der Waals surface area (Å²) in [4.78, 5) is 14.6. The minimum absolute atomic E-state index is 0.213. The molecule has 0 radical (unpaired) electrons. The molecule has 0 heterocycles. The molecule has 0 aliphatic heterocycles. The first-order chi connectivity index (χ1) is 12.4. The van der Waals surface area contributed by atoms with E-state index in [1.807, 2.05) is 39.0 Å². The van der Waals surface area contributed by atoms with E-state index in [0.29, 0.717) is 17.8 Å². The monoisotopic (exact) mass is 351 g/mol. The smallest absolute Gasteiger partial charge is 0.258 e. The number of rotatable bonds is 8. The van der Waals surface area contributed by atoms with Crippen LogP contribution in [0.15, 0.2) is 96.7 Å². The summed E-state index contributed by atoms with van der Waals surface area (Å²) in [6.07, 6.45) is 12.5. The Balaban J connectivity index is 3.33. The summed E-state index contributed by atoms with van der Waals surface area (Å²) >= 11 is 0. The molecule has 2 nitrogen and oxygen atoms in total. The van der Waals surface area contributed by atoms with Gasteiger partial charge in [0.2, 0.25) is 0 Å². The Hall–Kier alpha value is -2.94. The SMILES string of the molecule is C=C/C(=C\C=C(C)C)CN(C(=O)/C(C=C)=C/C=C\C)c1ccc(F)cc1. The van der Waals surface area contributed by atoms with Crippen molar-refractivity contribution in [3.63, 3.8) is 0 Å². The number of carbonyl (C=O) groups excluding carboxylic acids is 1. The Kier molecular flexibility index (Phi) is 8.79. The molecular weight excluding hydrogens is 325 g/mol. The predicted octanol–water partition coefficient (Wildman–Crippen LogP) is 5.93. The second-order valence-corrected chi connectivity index (χ2v) is 5.91. The number of hydrogen-bond donors (Lipinski definition) is 0. The highest BCUT2D eigenvalue weighted by Gasteiger charge is 2.18. The minimum Gasteiger partial charge on any atom is -0.304 e. The molecule has 0 unspecified atom stereocenters. The van der Waals surface area contributed by atoms with E-state index < -0.39 is 0 Å². The van der Waals surface area contributed by atoms with E-state index in [1.54, 1.807) is 35.3 Å². The molecule has 0 aliphatic carbocycles. The summed E-state index contributed by atoms with van der Waals surface area (Å²) < 4.78 is 13.3. The molecule has 136 valence electrons. The largest absolute Gasteiger partial charge is 0.304 e. The first-order valence-corrected chi connectivity index (χ1v) is 8.42. The van der Waals surface area contributed by atoms with Gasteiger partial charge in [-0.3, -0.25) is 4.79 Å². The zero-order valence-corrected chi connectivity index (χ0v) is 15.7. The van der Waals surface area contributed by atoms with Crippen LogP contribution in [0.1, 0.15) is 20.8 Å². The first kappa shape index (κ1) is 21.1. The van der Waals surface area contributed by atoms with Gasteiger partial charge in [0.25, 0.3) is 5.91 Å². The van der Waals surface area contributed by atoms with Gasteiger partial charge in [-0.25, -0.2) is 4.39 Å². The van der Waals surface area contributed by atoms with Gasteiger partial charge in [-0.15, -0.1) is 0 Å². The fraction of sp³-hybridized carbons (Fsp3) is 0.174. The van der Waals surface area contributed by atoms with Crippen molar-refractivity contribution in [2.45, 2.75) is 20.8 Å². The van der Waals surface area contributed by atoms with Crippen LogP contribution in [0.5, 0.6) is 0 Å². The van der Waals surface area contributed by atoms with E-state index in [9.17, 15) is 9.18 Å². The van der Waals surface area contributed by atoms with Crippen LogP contribution in [-0.2, 0) is 4.79 Å². The maximum Gasteiger partial charge on any atom is 0.258 e. The van der Waals surface area contributed by atoms with Gasteiger partial charge in [0.15, 0.2) is 0 Å². The number of anilines is 1. The highest BCUT2D eigenvalue weighted by molar-refractivity contribution is 6.07. The summed E-state index contributed by atoms with van der Waals surface area (Å²) in [6, 6.07) is 5.86. The molecule has 26 heavy (non-hydrogen) atoms. The fourth-order valence-electron chi connectivity index (χ4n) is 2.13. The van der Waals surface area contributed by atoms with Crippen LogP contribution in [0.2, 0.25) is 0 Å². The van der Waals surface area contributed by atoms with Crippen molar-refractivity contribution >= 4 is 11.6 Å². The lowest BCUT2D eigenvalue weighted by atomic mass is 10.1. The fourth-order valence-corrected chi connectivity index (χ4v) is 2.13. The summed E-state index contributed by atoms with van der Waals surface area (Å²) in [5.41, 5.74) is 3.08. The molecular formula is C23H26FNO. The van der Waals surface area contributed by atoms with Gasteiger partial charge in [0.05, 0.1) is 6.54 Å². The first-order valence-electron chi connectivity index (χ1n) is 8.42. The second-order valence-electron chi connectivity index (χ2n) is 5.91. The summed E-state index contributed by atoms with van der Waals surface area (Å²) in [6.45, 7) is 13.7. The standard InChI is InChI=1S/C23H26FNO/c1-6-9-10-20(8-3)23(26)25(22-15-13-21(24)14-16-22)17-19(7-2)12-11-18(4)5/h6-16H,2-3,17H2,1,4-5H3/b9-6-,19-12+,20-10+. The van der Waals surface area contributed by atoms with E-state index >= 15 is 0 Å². The number of hydrogen-bond acceptors (Lipinski definition) is 1. The maximum atomic E-state index is 13.3. The molecule has 3 heteroatoms. The van der Waals surface area contributed by atoms with E-state index in [0.717, 1.165) is 11.1 Å². The molecule has 0 saturated carbocycles. The Morgan fingerprint density at radius 2 is 1.73 bits per heavy atom. The number of nitrogens with zero attached hydrogens (tertiary/aromatic N) is 1. The number of allylic oxidation sites excluding steroid dienone is 6. The second kappa shape index (κ2) is 10.8. The molecule has 0 saturated heterocycles. The third-order valence-corrected chi connectivity index (χ3v) is 3.55. The number of carbonyl (C=O) groups is 1. The predicted molar refractivity (Wildman–Crippen MR) is 110 cm³/mol. The molecule has 0 N–H and O–H groups in total. The van der Waals surface area contributed by atoms with Gasteiger partial charge in [-0.1, -0.05) is 55.2 Å². The molecule has 1 amide bonds. The van der Waals surface area contributed by atoms with Gasteiger partial charge < -0.3 is 4.90 Å². The molecule has 0 aliphatic rings. The molecule has 0 bridgehead atoms. The van der Waals surface area contributed by atoms with Crippen molar-refractivity contribution in [1.29, 1.82) is 0 Å². The highest BCUT2D eigenvalue weighted by Crippen LogP contribution is 2.20. The minimum atomic E-state index is -0.349. The molecule has 0 atom stereocenters. The van der Waals surface area contributed by atoms with Crippen LogP contribution in [-0.4, -0.2) is 12.5 Å². The number of benzene rings is 1. The van der Waals surface area contributed by atoms with Gasteiger partial charge in [-0.2, -0.15) is 0 Å². The average molecular weight is 351 g/mol. The lowest BCUT2D eigenvalue weighted by molar-refractivity contribution is -0.114. The number of amides is 1. The molecule has 1 aromatic carbocycles. The van der Waals surface area contributed by atoms with Crippen molar-refractivity contribution < 1.29 is 9.18 Å².